The lowest BCUT2D eigenvalue weighted by molar-refractivity contribution is -0.137. The quantitative estimate of drug-likeness (QED) is 0.698. The van der Waals surface area contributed by atoms with Crippen LogP contribution in [0.1, 0.15) is 44.2 Å². The van der Waals surface area contributed by atoms with Gasteiger partial charge in [-0.25, -0.2) is 4.79 Å². The van der Waals surface area contributed by atoms with Crippen LogP contribution >= 0.6 is 0 Å². The van der Waals surface area contributed by atoms with Gasteiger partial charge in [0.15, 0.2) is 0 Å². The number of carboxylic acid groups (broad SMARTS) is 1. The van der Waals surface area contributed by atoms with Crippen molar-refractivity contribution in [2.45, 2.75) is 44.8 Å². The van der Waals surface area contributed by atoms with Gasteiger partial charge in [-0.15, -0.1) is 0 Å². The zero-order valence-corrected chi connectivity index (χ0v) is 15.4. The minimum atomic E-state index is -4.38. The average molecular weight is 377 g/mol. The molecule has 144 valence electrons. The maximum atomic E-state index is 12.9. The number of hydrogen-bond acceptors (Lipinski definition) is 1. The lowest BCUT2D eigenvalue weighted by Gasteiger charge is -2.32. The molecule has 2 aromatic rings. The van der Waals surface area contributed by atoms with Crippen molar-refractivity contribution in [3.8, 4) is 11.1 Å². The predicted octanol–water partition coefficient (Wildman–Crippen LogP) is 5.91. The van der Waals surface area contributed by atoms with Crippen molar-refractivity contribution in [3.63, 3.8) is 0 Å². The molecular formula is C21H22F3NO2. The van der Waals surface area contributed by atoms with Crippen LogP contribution in [0.5, 0.6) is 0 Å². The Hall–Kier alpha value is -2.50. The van der Waals surface area contributed by atoms with Crippen molar-refractivity contribution in [2.75, 3.05) is 0 Å². The summed E-state index contributed by atoms with van der Waals surface area (Å²) < 4.78 is 38.7. The molecule has 1 saturated carbocycles. The Morgan fingerprint density at radius 2 is 1.70 bits per heavy atom. The maximum absolute atomic E-state index is 12.9. The third-order valence-electron chi connectivity index (χ3n) is 5.47. The van der Waals surface area contributed by atoms with Gasteiger partial charge in [0.1, 0.15) is 0 Å². The van der Waals surface area contributed by atoms with Crippen LogP contribution in [-0.4, -0.2) is 16.7 Å². The fourth-order valence-corrected chi connectivity index (χ4v) is 3.79. The summed E-state index contributed by atoms with van der Waals surface area (Å²) >= 11 is 0. The molecule has 1 aliphatic carbocycles. The minimum absolute atomic E-state index is 0.0455. The van der Waals surface area contributed by atoms with Gasteiger partial charge in [0.05, 0.1) is 11.1 Å². The van der Waals surface area contributed by atoms with Crippen molar-refractivity contribution in [1.29, 1.82) is 0 Å². The van der Waals surface area contributed by atoms with Crippen molar-refractivity contribution in [3.05, 3.63) is 59.7 Å². The van der Waals surface area contributed by atoms with Crippen molar-refractivity contribution >= 4 is 6.09 Å². The Morgan fingerprint density at radius 3 is 2.22 bits per heavy atom. The van der Waals surface area contributed by atoms with Crippen LogP contribution in [0.3, 0.4) is 0 Å². The number of halogens is 3. The molecule has 0 heterocycles. The summed E-state index contributed by atoms with van der Waals surface area (Å²) in [4.78, 5) is 11.2. The monoisotopic (exact) mass is 377 g/mol. The second kappa shape index (κ2) is 6.29. The second-order valence-electron chi connectivity index (χ2n) is 8.11. The van der Waals surface area contributed by atoms with Gasteiger partial charge in [0, 0.05) is 5.92 Å². The van der Waals surface area contributed by atoms with E-state index in [9.17, 15) is 23.1 Å². The number of nitrogens with one attached hydrogen (secondary N) is 1. The summed E-state index contributed by atoms with van der Waals surface area (Å²) in [5, 5.41) is 11.9. The van der Waals surface area contributed by atoms with E-state index in [1.807, 2.05) is 32.9 Å². The highest BCUT2D eigenvalue weighted by atomic mass is 19.4. The van der Waals surface area contributed by atoms with E-state index in [4.69, 9.17) is 0 Å². The van der Waals surface area contributed by atoms with Gasteiger partial charge >= 0.3 is 12.3 Å². The zero-order chi connectivity index (χ0) is 20.0. The van der Waals surface area contributed by atoms with Crippen LogP contribution < -0.4 is 5.32 Å². The Bertz CT molecular complexity index is 853. The van der Waals surface area contributed by atoms with Crippen LogP contribution in [0.4, 0.5) is 18.0 Å². The van der Waals surface area contributed by atoms with Crippen LogP contribution in [0.25, 0.3) is 11.1 Å². The van der Waals surface area contributed by atoms with Crippen LogP contribution in [0, 0.1) is 5.41 Å². The summed E-state index contributed by atoms with van der Waals surface area (Å²) in [6.45, 7) is 6.00. The number of rotatable bonds is 3. The molecule has 6 heteroatoms. The first-order valence-electron chi connectivity index (χ1n) is 8.73. The van der Waals surface area contributed by atoms with Gasteiger partial charge in [-0.05, 0) is 40.7 Å². The molecule has 0 spiro atoms. The van der Waals surface area contributed by atoms with Gasteiger partial charge < -0.3 is 10.4 Å². The SMILES string of the molecule is CC(C)(C)C1(NC(=O)O)CC1c1ccc(-c2cccc(C(F)(F)F)c2)cc1. The molecular weight excluding hydrogens is 355 g/mol. The largest absolute Gasteiger partial charge is 0.465 e. The molecule has 2 atom stereocenters. The summed E-state index contributed by atoms with van der Waals surface area (Å²) in [6.07, 6.45) is -4.72. The maximum Gasteiger partial charge on any atom is 0.416 e. The highest BCUT2D eigenvalue weighted by molar-refractivity contribution is 5.68. The fourth-order valence-electron chi connectivity index (χ4n) is 3.79. The van der Waals surface area contributed by atoms with E-state index in [2.05, 4.69) is 5.32 Å². The summed E-state index contributed by atoms with van der Waals surface area (Å²) in [6, 6.07) is 12.6. The number of amides is 1. The second-order valence-corrected chi connectivity index (χ2v) is 8.11. The fraction of sp³-hybridized carbons (Fsp3) is 0.381. The Morgan fingerprint density at radius 1 is 1.07 bits per heavy atom. The molecule has 0 aromatic heterocycles. The van der Waals surface area contributed by atoms with Crippen molar-refractivity contribution in [1.82, 2.24) is 5.32 Å². The van der Waals surface area contributed by atoms with Gasteiger partial charge in [-0.2, -0.15) is 13.2 Å². The molecule has 3 rings (SSSR count). The normalized spacial score (nSPS) is 22.4. The molecule has 2 N–H and O–H groups in total. The number of carbonyl (C=O) groups is 1. The van der Waals surface area contributed by atoms with Crippen LogP contribution in [0.2, 0.25) is 0 Å². The highest BCUT2D eigenvalue weighted by Gasteiger charge is 2.62. The van der Waals surface area contributed by atoms with E-state index < -0.39 is 23.4 Å². The van der Waals surface area contributed by atoms with Gasteiger partial charge in [0.2, 0.25) is 0 Å². The number of alkyl halides is 3. The summed E-state index contributed by atoms with van der Waals surface area (Å²) in [5.74, 6) is 0.0455. The molecule has 0 aliphatic heterocycles. The molecule has 0 bridgehead atoms. The number of hydrogen-bond donors (Lipinski definition) is 2. The molecule has 0 saturated heterocycles. The molecule has 27 heavy (non-hydrogen) atoms. The van der Waals surface area contributed by atoms with E-state index in [0.717, 1.165) is 17.7 Å². The topological polar surface area (TPSA) is 49.3 Å². The third-order valence-corrected chi connectivity index (χ3v) is 5.47. The van der Waals surface area contributed by atoms with E-state index in [0.29, 0.717) is 17.5 Å². The van der Waals surface area contributed by atoms with Gasteiger partial charge in [-0.3, -0.25) is 0 Å². The molecule has 2 aromatic carbocycles. The molecule has 1 amide bonds. The molecule has 1 aliphatic rings. The van der Waals surface area contributed by atoms with E-state index in [1.54, 1.807) is 18.2 Å². The zero-order valence-electron chi connectivity index (χ0n) is 15.4. The lowest BCUT2D eigenvalue weighted by atomic mass is 9.81. The summed E-state index contributed by atoms with van der Waals surface area (Å²) in [5.41, 5.74) is 0.709. The van der Waals surface area contributed by atoms with Gasteiger partial charge in [0.25, 0.3) is 0 Å². The highest BCUT2D eigenvalue weighted by Crippen LogP contribution is 2.60. The minimum Gasteiger partial charge on any atom is -0.465 e. The summed E-state index contributed by atoms with van der Waals surface area (Å²) in [7, 11) is 0. The van der Waals surface area contributed by atoms with E-state index >= 15 is 0 Å². The Labute approximate surface area is 156 Å². The first-order valence-corrected chi connectivity index (χ1v) is 8.73. The van der Waals surface area contributed by atoms with Gasteiger partial charge in [-0.1, -0.05) is 57.2 Å². The molecule has 0 radical (unpaired) electrons. The van der Waals surface area contributed by atoms with Crippen molar-refractivity contribution < 1.29 is 23.1 Å². The molecule has 3 nitrogen and oxygen atoms in total. The molecule has 1 fully saturated rings. The van der Waals surface area contributed by atoms with E-state index in [-0.39, 0.29) is 11.3 Å². The third kappa shape index (κ3) is 3.66. The Balaban J connectivity index is 1.86. The first kappa shape index (κ1) is 19.3. The van der Waals surface area contributed by atoms with Crippen molar-refractivity contribution in [2.24, 2.45) is 5.41 Å². The predicted molar refractivity (Wildman–Crippen MR) is 97.6 cm³/mol. The van der Waals surface area contributed by atoms with Crippen LogP contribution in [0.15, 0.2) is 48.5 Å². The Kier molecular flexibility index (Phi) is 4.49. The van der Waals surface area contributed by atoms with E-state index in [1.165, 1.54) is 6.07 Å². The lowest BCUT2D eigenvalue weighted by Crippen LogP contribution is -2.47. The first-order chi connectivity index (χ1) is 12.4. The smallest absolute Gasteiger partial charge is 0.416 e. The average Bonchev–Trinajstić information content (AvgIpc) is 3.29. The number of benzene rings is 2. The standard InChI is InChI=1S/C21H22F3NO2/c1-19(2,3)20(25-18(26)27)12-17(20)14-9-7-13(8-10-14)15-5-4-6-16(11-15)21(22,23)24/h4-11,17,25H,12H2,1-3H3,(H,26,27). The van der Waals surface area contributed by atoms with Crippen LogP contribution in [-0.2, 0) is 6.18 Å². The molecule has 2 unspecified atom stereocenters.